The van der Waals surface area contributed by atoms with Crippen molar-refractivity contribution in [2.24, 2.45) is 11.7 Å². The molecule has 3 N–H and O–H groups in total. The van der Waals surface area contributed by atoms with Crippen LogP contribution in [0, 0.1) is 19.8 Å². The van der Waals surface area contributed by atoms with E-state index in [4.69, 9.17) is 10.5 Å². The van der Waals surface area contributed by atoms with Crippen LogP contribution >= 0.6 is 11.8 Å². The average Bonchev–Trinajstić information content (AvgIpc) is 2.47. The third-order valence-corrected chi connectivity index (χ3v) is 4.42. The zero-order valence-electron chi connectivity index (χ0n) is 14.4. The lowest BCUT2D eigenvalue weighted by molar-refractivity contribution is -0.157. The van der Waals surface area contributed by atoms with Crippen LogP contribution in [0.2, 0.25) is 0 Å². The van der Waals surface area contributed by atoms with Gasteiger partial charge in [0.05, 0.1) is 6.42 Å². The largest absolute Gasteiger partial charge is 0.452 e. The van der Waals surface area contributed by atoms with Crippen LogP contribution in [0.5, 0.6) is 0 Å². The van der Waals surface area contributed by atoms with Crippen LogP contribution in [0.4, 0.5) is 4.79 Å². The van der Waals surface area contributed by atoms with Crippen molar-refractivity contribution in [1.29, 1.82) is 0 Å². The van der Waals surface area contributed by atoms with Gasteiger partial charge >= 0.3 is 12.0 Å². The molecule has 1 atom stereocenters. The fourth-order valence-corrected chi connectivity index (χ4v) is 2.87. The molecule has 0 bridgehead atoms. The molecule has 0 unspecified atom stereocenters. The van der Waals surface area contributed by atoms with E-state index in [2.05, 4.69) is 6.07 Å². The molecule has 7 heteroatoms. The zero-order valence-corrected chi connectivity index (χ0v) is 15.2. The molecule has 0 aliphatic heterocycles. The number of imide groups is 1. The Hall–Kier alpha value is -2.02. The summed E-state index contributed by atoms with van der Waals surface area (Å²) in [5, 5.41) is 1.94. The van der Waals surface area contributed by atoms with E-state index < -0.39 is 24.0 Å². The number of esters is 1. The molecule has 24 heavy (non-hydrogen) atoms. The van der Waals surface area contributed by atoms with Gasteiger partial charge in [0.25, 0.3) is 5.91 Å². The maximum Gasteiger partial charge on any atom is 0.318 e. The molecule has 0 spiro atoms. The molecule has 132 valence electrons. The van der Waals surface area contributed by atoms with Crippen molar-refractivity contribution in [2.75, 3.05) is 5.75 Å². The van der Waals surface area contributed by atoms with Gasteiger partial charge in [0.15, 0.2) is 6.10 Å². The fourth-order valence-electron chi connectivity index (χ4n) is 1.94. The SMILES string of the molecule is Cc1ccc(SCCC(=O)O[C@H](C(=O)NC(N)=O)C(C)C)cc1C. The second-order valence-electron chi connectivity index (χ2n) is 5.85. The van der Waals surface area contributed by atoms with Gasteiger partial charge in [0.1, 0.15) is 0 Å². The molecule has 1 aromatic carbocycles. The fraction of sp³-hybridized carbons (Fsp3) is 0.471. The van der Waals surface area contributed by atoms with Crippen LogP contribution in [0.15, 0.2) is 23.1 Å². The number of aryl methyl sites for hydroxylation is 2. The van der Waals surface area contributed by atoms with Gasteiger partial charge in [0.2, 0.25) is 0 Å². The minimum Gasteiger partial charge on any atom is -0.452 e. The van der Waals surface area contributed by atoms with Gasteiger partial charge < -0.3 is 10.5 Å². The third kappa shape index (κ3) is 6.62. The third-order valence-electron chi connectivity index (χ3n) is 3.42. The molecule has 0 saturated heterocycles. The molecule has 0 aliphatic rings. The first kappa shape index (κ1) is 20.0. The van der Waals surface area contributed by atoms with E-state index in [-0.39, 0.29) is 12.3 Å². The number of thioether (sulfide) groups is 1. The number of carbonyl (C=O) groups excluding carboxylic acids is 3. The number of hydrogen-bond acceptors (Lipinski definition) is 5. The number of primary amides is 1. The summed E-state index contributed by atoms with van der Waals surface area (Å²) in [5.41, 5.74) is 7.34. The molecule has 6 nitrogen and oxygen atoms in total. The standard InChI is InChI=1S/C17H24N2O4S/c1-10(2)15(16(21)19-17(18)22)23-14(20)7-8-24-13-6-5-11(3)12(4)9-13/h5-6,9-10,15H,7-8H2,1-4H3,(H3,18,19,21,22)/t15-/m0/s1. The van der Waals surface area contributed by atoms with E-state index in [1.54, 1.807) is 25.6 Å². The van der Waals surface area contributed by atoms with Crippen molar-refractivity contribution >= 4 is 29.7 Å². The number of hydrogen-bond donors (Lipinski definition) is 2. The smallest absolute Gasteiger partial charge is 0.318 e. The molecular formula is C17H24N2O4S. The minimum absolute atomic E-state index is 0.171. The molecule has 0 aliphatic carbocycles. The van der Waals surface area contributed by atoms with E-state index in [9.17, 15) is 14.4 Å². The van der Waals surface area contributed by atoms with E-state index in [0.29, 0.717) is 5.75 Å². The monoisotopic (exact) mass is 352 g/mol. The number of carbonyl (C=O) groups is 3. The topological polar surface area (TPSA) is 98.5 Å². The number of amides is 3. The molecule has 1 rings (SSSR count). The Labute approximate surface area is 146 Å². The molecule has 0 heterocycles. The molecule has 0 aromatic heterocycles. The summed E-state index contributed by atoms with van der Waals surface area (Å²) in [6.45, 7) is 7.53. The van der Waals surface area contributed by atoms with Crippen LogP contribution < -0.4 is 11.1 Å². The van der Waals surface area contributed by atoms with E-state index in [1.165, 1.54) is 11.1 Å². The molecule has 0 fully saturated rings. The van der Waals surface area contributed by atoms with Crippen LogP contribution in [-0.2, 0) is 14.3 Å². The first-order valence-electron chi connectivity index (χ1n) is 7.70. The zero-order chi connectivity index (χ0) is 18.3. The lowest BCUT2D eigenvalue weighted by Crippen LogP contribution is -2.45. The van der Waals surface area contributed by atoms with Crippen LogP contribution in [0.1, 0.15) is 31.4 Å². The summed E-state index contributed by atoms with van der Waals surface area (Å²) in [7, 11) is 0. The minimum atomic E-state index is -1.03. The molecule has 3 amide bonds. The second-order valence-corrected chi connectivity index (χ2v) is 7.02. The summed E-state index contributed by atoms with van der Waals surface area (Å²) in [6, 6.07) is 5.16. The lowest BCUT2D eigenvalue weighted by Gasteiger charge is -2.19. The summed E-state index contributed by atoms with van der Waals surface area (Å²) < 4.78 is 5.18. The van der Waals surface area contributed by atoms with Crippen molar-refractivity contribution in [2.45, 2.75) is 45.1 Å². The highest BCUT2D eigenvalue weighted by atomic mass is 32.2. The van der Waals surface area contributed by atoms with Crippen molar-refractivity contribution in [1.82, 2.24) is 5.32 Å². The number of benzene rings is 1. The molecule has 0 saturated carbocycles. The molecule has 0 radical (unpaired) electrons. The predicted molar refractivity (Wildman–Crippen MR) is 93.7 cm³/mol. The Kier molecular flexibility index (Phi) is 7.78. The normalized spacial score (nSPS) is 11.9. The highest BCUT2D eigenvalue weighted by molar-refractivity contribution is 7.99. The van der Waals surface area contributed by atoms with Crippen LogP contribution in [0.3, 0.4) is 0 Å². The number of ether oxygens (including phenoxy) is 1. The lowest BCUT2D eigenvalue weighted by atomic mass is 10.1. The van der Waals surface area contributed by atoms with Crippen molar-refractivity contribution in [3.63, 3.8) is 0 Å². The maximum absolute atomic E-state index is 11.9. The number of urea groups is 1. The summed E-state index contributed by atoms with van der Waals surface area (Å²) in [5.74, 6) is -0.901. The number of nitrogens with two attached hydrogens (primary N) is 1. The highest BCUT2D eigenvalue weighted by Gasteiger charge is 2.27. The Bertz CT molecular complexity index is 617. The number of rotatable bonds is 7. The quantitative estimate of drug-likeness (QED) is 0.580. The first-order valence-corrected chi connectivity index (χ1v) is 8.69. The first-order chi connectivity index (χ1) is 11.2. The van der Waals surface area contributed by atoms with Gasteiger partial charge in [-0.05, 0) is 43.0 Å². The second kappa shape index (κ2) is 9.32. The summed E-state index contributed by atoms with van der Waals surface area (Å²) in [4.78, 5) is 35.6. The van der Waals surface area contributed by atoms with Gasteiger partial charge in [-0.3, -0.25) is 14.9 Å². The van der Waals surface area contributed by atoms with Gasteiger partial charge in [0, 0.05) is 10.6 Å². The highest BCUT2D eigenvalue weighted by Crippen LogP contribution is 2.22. The van der Waals surface area contributed by atoms with Crippen LogP contribution in [0.25, 0.3) is 0 Å². The van der Waals surface area contributed by atoms with Crippen molar-refractivity contribution in [3.8, 4) is 0 Å². The van der Waals surface area contributed by atoms with E-state index >= 15 is 0 Å². The maximum atomic E-state index is 11.9. The van der Waals surface area contributed by atoms with Gasteiger partial charge in [-0.1, -0.05) is 19.9 Å². The van der Waals surface area contributed by atoms with E-state index in [1.807, 2.05) is 31.3 Å². The Morgan fingerprint density at radius 3 is 2.42 bits per heavy atom. The summed E-state index contributed by atoms with van der Waals surface area (Å²) >= 11 is 1.55. The van der Waals surface area contributed by atoms with Gasteiger partial charge in [-0.25, -0.2) is 4.79 Å². The average molecular weight is 352 g/mol. The van der Waals surface area contributed by atoms with Gasteiger partial charge in [-0.2, -0.15) is 0 Å². The Balaban J connectivity index is 2.49. The molecular weight excluding hydrogens is 328 g/mol. The van der Waals surface area contributed by atoms with Crippen molar-refractivity contribution in [3.05, 3.63) is 29.3 Å². The van der Waals surface area contributed by atoms with Crippen LogP contribution in [-0.4, -0.2) is 29.8 Å². The van der Waals surface area contributed by atoms with E-state index in [0.717, 1.165) is 4.90 Å². The Morgan fingerprint density at radius 1 is 1.21 bits per heavy atom. The predicted octanol–water partition coefficient (Wildman–Crippen LogP) is 2.55. The Morgan fingerprint density at radius 2 is 1.88 bits per heavy atom. The summed E-state index contributed by atoms with van der Waals surface area (Å²) in [6.07, 6.45) is -0.860. The van der Waals surface area contributed by atoms with Gasteiger partial charge in [-0.15, -0.1) is 11.8 Å². The molecule has 1 aromatic rings. The number of nitrogens with one attached hydrogen (secondary N) is 1. The van der Waals surface area contributed by atoms with Crippen molar-refractivity contribution < 1.29 is 19.1 Å².